The number of benzene rings is 1. The lowest BCUT2D eigenvalue weighted by Gasteiger charge is -2.14. The van der Waals surface area contributed by atoms with Crippen LogP contribution in [0.25, 0.3) is 0 Å². The van der Waals surface area contributed by atoms with Crippen molar-refractivity contribution >= 4 is 5.97 Å². The average Bonchev–Trinajstić information content (AvgIpc) is 2.71. The van der Waals surface area contributed by atoms with Crippen molar-refractivity contribution in [2.45, 2.75) is 5.92 Å². The predicted octanol–water partition coefficient (Wildman–Crippen LogP) is 1.75. The summed E-state index contributed by atoms with van der Waals surface area (Å²) >= 11 is 0. The van der Waals surface area contributed by atoms with Crippen LogP contribution in [0.1, 0.15) is 11.5 Å². The van der Waals surface area contributed by atoms with Gasteiger partial charge >= 0.3 is 5.97 Å². The minimum atomic E-state index is -1.11. The molecule has 0 radical (unpaired) electrons. The highest BCUT2D eigenvalue weighted by atomic mass is 19.1. The Balaban J connectivity index is 2.35. The highest BCUT2D eigenvalue weighted by molar-refractivity contribution is 5.72. The van der Waals surface area contributed by atoms with Crippen LogP contribution >= 0.6 is 0 Å². The molecule has 1 fully saturated rings. The van der Waals surface area contributed by atoms with Crippen molar-refractivity contribution in [1.82, 2.24) is 5.01 Å². The fourth-order valence-corrected chi connectivity index (χ4v) is 2.23. The molecule has 2 rings (SSSR count). The Hall–Kier alpha value is -2.05. The maximum Gasteiger partial charge on any atom is 0.309 e. The fourth-order valence-electron chi connectivity index (χ4n) is 2.23. The monoisotopic (exact) mass is 256 g/mol. The van der Waals surface area contributed by atoms with E-state index in [0.29, 0.717) is 6.07 Å². The van der Waals surface area contributed by atoms with Crippen LogP contribution < -0.4 is 0 Å². The molecular formula is C11H10F2N2O3. The summed E-state index contributed by atoms with van der Waals surface area (Å²) < 4.78 is 26.2. The van der Waals surface area contributed by atoms with Gasteiger partial charge in [0.1, 0.15) is 11.6 Å². The second-order valence-electron chi connectivity index (χ2n) is 4.21. The molecule has 7 heteroatoms. The second kappa shape index (κ2) is 4.67. The van der Waals surface area contributed by atoms with Gasteiger partial charge in [-0.3, -0.25) is 9.80 Å². The van der Waals surface area contributed by atoms with Crippen molar-refractivity contribution in [3.05, 3.63) is 40.3 Å². The maximum atomic E-state index is 13.1. The Kier molecular flexibility index (Phi) is 3.22. The number of halogens is 2. The van der Waals surface area contributed by atoms with Crippen LogP contribution in [0.2, 0.25) is 0 Å². The average molecular weight is 256 g/mol. The minimum absolute atomic E-state index is 0.0450. The zero-order valence-electron chi connectivity index (χ0n) is 9.22. The fraction of sp³-hybridized carbons (Fsp3) is 0.364. The van der Waals surface area contributed by atoms with Gasteiger partial charge in [-0.05, 0) is 17.7 Å². The van der Waals surface area contributed by atoms with E-state index in [1.165, 1.54) is 0 Å². The highest BCUT2D eigenvalue weighted by Crippen LogP contribution is 2.33. The minimum Gasteiger partial charge on any atom is -0.481 e. The van der Waals surface area contributed by atoms with E-state index in [1.54, 1.807) is 0 Å². The van der Waals surface area contributed by atoms with E-state index in [2.05, 4.69) is 5.29 Å². The summed E-state index contributed by atoms with van der Waals surface area (Å²) in [6.07, 6.45) is 0. The lowest BCUT2D eigenvalue weighted by atomic mass is 9.89. The number of carboxylic acids is 1. The molecule has 0 amide bonds. The van der Waals surface area contributed by atoms with Crippen molar-refractivity contribution in [2.24, 2.45) is 11.2 Å². The van der Waals surface area contributed by atoms with Crippen molar-refractivity contribution in [1.29, 1.82) is 0 Å². The quantitative estimate of drug-likeness (QED) is 0.836. The molecular weight excluding hydrogens is 246 g/mol. The van der Waals surface area contributed by atoms with Gasteiger partial charge in [0, 0.05) is 18.5 Å². The number of nitroso groups, excluding NO2 is 1. The summed E-state index contributed by atoms with van der Waals surface area (Å²) in [5, 5.41) is 12.8. The molecule has 1 aromatic rings. The summed E-state index contributed by atoms with van der Waals surface area (Å²) in [5.41, 5.74) is 0.228. The number of carboxylic acid groups (broad SMARTS) is 1. The number of aliphatic carboxylic acids is 1. The first-order valence-corrected chi connectivity index (χ1v) is 5.28. The summed E-state index contributed by atoms with van der Waals surface area (Å²) in [4.78, 5) is 21.5. The Morgan fingerprint density at radius 2 is 1.89 bits per heavy atom. The van der Waals surface area contributed by atoms with Gasteiger partial charge in [0.2, 0.25) is 0 Å². The lowest BCUT2D eigenvalue weighted by Crippen LogP contribution is -2.21. The van der Waals surface area contributed by atoms with Crippen LogP contribution in [-0.4, -0.2) is 29.2 Å². The third-order valence-corrected chi connectivity index (χ3v) is 3.05. The molecule has 0 aromatic heterocycles. The third kappa shape index (κ3) is 2.29. The van der Waals surface area contributed by atoms with Gasteiger partial charge in [0.25, 0.3) is 0 Å². The van der Waals surface area contributed by atoms with Gasteiger partial charge in [-0.25, -0.2) is 8.78 Å². The molecule has 0 bridgehead atoms. The molecule has 0 saturated carbocycles. The largest absolute Gasteiger partial charge is 0.481 e. The number of hydrogen-bond acceptors (Lipinski definition) is 3. The van der Waals surface area contributed by atoms with Gasteiger partial charge < -0.3 is 5.11 Å². The molecule has 1 saturated heterocycles. The van der Waals surface area contributed by atoms with E-state index in [1.807, 2.05) is 0 Å². The van der Waals surface area contributed by atoms with E-state index in [4.69, 9.17) is 5.11 Å². The molecule has 18 heavy (non-hydrogen) atoms. The molecule has 2 atom stereocenters. The molecule has 1 aliphatic heterocycles. The van der Waals surface area contributed by atoms with Gasteiger partial charge in [-0.1, -0.05) is 0 Å². The van der Waals surface area contributed by atoms with E-state index < -0.39 is 29.4 Å². The van der Waals surface area contributed by atoms with Gasteiger partial charge in [0.15, 0.2) is 0 Å². The number of carbonyl (C=O) groups is 1. The molecule has 2 unspecified atom stereocenters. The first kappa shape index (κ1) is 12.4. The zero-order chi connectivity index (χ0) is 13.3. The number of nitrogens with zero attached hydrogens (tertiary/aromatic N) is 2. The van der Waals surface area contributed by atoms with Gasteiger partial charge in [-0.15, -0.1) is 4.91 Å². The first-order chi connectivity index (χ1) is 8.51. The van der Waals surface area contributed by atoms with Gasteiger partial charge in [0.05, 0.1) is 17.7 Å². The molecule has 5 nitrogen and oxygen atoms in total. The topological polar surface area (TPSA) is 70.0 Å². The summed E-state index contributed by atoms with van der Waals surface area (Å²) in [6, 6.07) is 2.87. The number of hydrogen-bond donors (Lipinski definition) is 1. The van der Waals surface area contributed by atoms with Crippen molar-refractivity contribution < 1.29 is 18.7 Å². The summed E-state index contributed by atoms with van der Waals surface area (Å²) in [5.74, 6) is -4.21. The molecule has 96 valence electrons. The lowest BCUT2D eigenvalue weighted by molar-refractivity contribution is -0.141. The normalized spacial score (nSPS) is 23.1. The van der Waals surface area contributed by atoms with E-state index in [0.717, 1.165) is 17.1 Å². The molecule has 1 aromatic carbocycles. The summed E-state index contributed by atoms with van der Waals surface area (Å²) in [7, 11) is 0. The predicted molar refractivity (Wildman–Crippen MR) is 57.6 cm³/mol. The number of rotatable bonds is 3. The van der Waals surface area contributed by atoms with E-state index >= 15 is 0 Å². The molecule has 1 heterocycles. The van der Waals surface area contributed by atoms with Crippen molar-refractivity contribution in [3.63, 3.8) is 0 Å². The SMILES string of the molecule is O=NN1CC(C(=O)O)C(c2cc(F)cc(F)c2)C1. The Morgan fingerprint density at radius 3 is 2.39 bits per heavy atom. The van der Waals surface area contributed by atoms with Crippen molar-refractivity contribution in [2.75, 3.05) is 13.1 Å². The van der Waals surface area contributed by atoms with E-state index in [-0.39, 0.29) is 18.7 Å². The standard InChI is InChI=1S/C11H10F2N2O3/c12-7-1-6(2-8(13)3-7)9-4-15(14-18)5-10(9)11(16)17/h1-3,9-10H,4-5H2,(H,16,17). The van der Waals surface area contributed by atoms with Crippen LogP contribution in [0.4, 0.5) is 8.78 Å². The van der Waals surface area contributed by atoms with Crippen LogP contribution in [0, 0.1) is 22.5 Å². The smallest absolute Gasteiger partial charge is 0.309 e. The highest BCUT2D eigenvalue weighted by Gasteiger charge is 2.39. The molecule has 0 spiro atoms. The van der Waals surface area contributed by atoms with Crippen LogP contribution in [0.3, 0.4) is 0 Å². The molecule has 0 aliphatic carbocycles. The van der Waals surface area contributed by atoms with Crippen LogP contribution in [-0.2, 0) is 4.79 Å². The Bertz CT molecular complexity index is 475. The molecule has 1 N–H and O–H groups in total. The third-order valence-electron chi connectivity index (χ3n) is 3.05. The second-order valence-corrected chi connectivity index (χ2v) is 4.21. The Morgan fingerprint density at radius 1 is 1.28 bits per heavy atom. The van der Waals surface area contributed by atoms with Gasteiger partial charge in [-0.2, -0.15) is 0 Å². The molecule has 1 aliphatic rings. The zero-order valence-corrected chi connectivity index (χ0v) is 9.22. The van der Waals surface area contributed by atoms with Crippen LogP contribution in [0.5, 0.6) is 0 Å². The Labute approximate surface area is 101 Å². The van der Waals surface area contributed by atoms with Crippen molar-refractivity contribution in [3.8, 4) is 0 Å². The van der Waals surface area contributed by atoms with Crippen LogP contribution in [0.15, 0.2) is 23.5 Å². The summed E-state index contributed by atoms with van der Waals surface area (Å²) in [6.45, 7) is -0.00894. The maximum absolute atomic E-state index is 13.1. The first-order valence-electron chi connectivity index (χ1n) is 5.28. The van der Waals surface area contributed by atoms with E-state index in [9.17, 15) is 18.5 Å².